The van der Waals surface area contributed by atoms with Gasteiger partial charge in [-0.15, -0.1) is 11.3 Å². The average Bonchev–Trinajstić information content (AvgIpc) is 2.97. The van der Waals surface area contributed by atoms with E-state index in [1.807, 2.05) is 13.1 Å². The van der Waals surface area contributed by atoms with Crippen molar-refractivity contribution in [3.63, 3.8) is 0 Å². The summed E-state index contributed by atoms with van der Waals surface area (Å²) in [6.07, 6.45) is 1.91. The highest BCUT2D eigenvalue weighted by Gasteiger charge is 2.06. The van der Waals surface area contributed by atoms with E-state index in [0.717, 1.165) is 47.7 Å². The van der Waals surface area contributed by atoms with Crippen molar-refractivity contribution in [1.29, 1.82) is 0 Å². The van der Waals surface area contributed by atoms with Crippen LogP contribution in [-0.4, -0.2) is 35.6 Å². The summed E-state index contributed by atoms with van der Waals surface area (Å²) < 4.78 is 0. The Bertz CT molecular complexity index is 684. The number of nitrogens with one attached hydrogen (secondary N) is 2. The first kappa shape index (κ1) is 20.2. The SMILES string of the molecule is CCNC(=NCc1ccc(N(CC)CC)nc1)NCc1nc(C)c(C)s1. The second-order valence-corrected chi connectivity index (χ2v) is 7.28. The van der Waals surface area contributed by atoms with Gasteiger partial charge in [0.15, 0.2) is 5.96 Å². The van der Waals surface area contributed by atoms with Crippen molar-refractivity contribution in [3.05, 3.63) is 39.5 Å². The first-order valence-corrected chi connectivity index (χ1v) is 10.0. The maximum Gasteiger partial charge on any atom is 0.191 e. The second kappa shape index (κ2) is 10.1. The van der Waals surface area contributed by atoms with Crippen LogP contribution in [0.15, 0.2) is 23.3 Å². The monoisotopic (exact) mass is 374 g/mol. The minimum atomic E-state index is 0.594. The number of nitrogens with zero attached hydrogens (tertiary/aromatic N) is 4. The van der Waals surface area contributed by atoms with Gasteiger partial charge in [-0.3, -0.25) is 0 Å². The molecule has 0 aromatic carbocycles. The zero-order valence-corrected chi connectivity index (χ0v) is 17.3. The Morgan fingerprint density at radius 1 is 1.15 bits per heavy atom. The van der Waals surface area contributed by atoms with Crippen LogP contribution in [0, 0.1) is 13.8 Å². The lowest BCUT2D eigenvalue weighted by Crippen LogP contribution is -2.36. The molecule has 0 aliphatic rings. The molecule has 0 amide bonds. The lowest BCUT2D eigenvalue weighted by molar-refractivity contribution is 0.808. The van der Waals surface area contributed by atoms with Crippen LogP contribution in [0.5, 0.6) is 0 Å². The van der Waals surface area contributed by atoms with Gasteiger partial charge >= 0.3 is 0 Å². The Morgan fingerprint density at radius 3 is 2.46 bits per heavy atom. The lowest BCUT2D eigenvalue weighted by Gasteiger charge is -2.19. The summed E-state index contributed by atoms with van der Waals surface area (Å²) in [5.41, 5.74) is 2.20. The first-order chi connectivity index (χ1) is 12.6. The smallest absolute Gasteiger partial charge is 0.191 e. The molecule has 0 saturated carbocycles. The molecule has 2 heterocycles. The predicted octanol–water partition coefficient (Wildman–Crippen LogP) is 3.26. The van der Waals surface area contributed by atoms with Crippen molar-refractivity contribution in [2.45, 2.75) is 47.7 Å². The van der Waals surface area contributed by atoms with Gasteiger partial charge in [0, 0.05) is 30.7 Å². The quantitative estimate of drug-likeness (QED) is 0.548. The van der Waals surface area contributed by atoms with Gasteiger partial charge in [-0.1, -0.05) is 6.07 Å². The van der Waals surface area contributed by atoms with E-state index in [-0.39, 0.29) is 0 Å². The van der Waals surface area contributed by atoms with E-state index >= 15 is 0 Å². The van der Waals surface area contributed by atoms with Crippen LogP contribution >= 0.6 is 11.3 Å². The molecule has 7 heteroatoms. The number of hydrogen-bond acceptors (Lipinski definition) is 5. The molecule has 0 atom stereocenters. The standard InChI is InChI=1S/C19H30N6S/c1-6-20-19(23-13-18-24-14(4)15(5)26-18)22-12-16-9-10-17(21-11-16)25(7-2)8-3/h9-11H,6-8,12-13H2,1-5H3,(H2,20,22,23). The van der Waals surface area contributed by atoms with Crippen molar-refractivity contribution in [1.82, 2.24) is 20.6 Å². The van der Waals surface area contributed by atoms with E-state index in [2.05, 4.69) is 70.3 Å². The van der Waals surface area contributed by atoms with Crippen molar-refractivity contribution >= 4 is 23.1 Å². The van der Waals surface area contributed by atoms with Crippen LogP contribution in [0.4, 0.5) is 5.82 Å². The molecule has 6 nitrogen and oxygen atoms in total. The van der Waals surface area contributed by atoms with Crippen LogP contribution in [-0.2, 0) is 13.1 Å². The third kappa shape index (κ3) is 5.69. The normalized spacial score (nSPS) is 11.5. The molecule has 0 aliphatic carbocycles. The zero-order chi connectivity index (χ0) is 18.9. The topological polar surface area (TPSA) is 65.4 Å². The van der Waals surface area contributed by atoms with Crippen molar-refractivity contribution in [3.8, 4) is 0 Å². The molecule has 0 aliphatic heterocycles. The summed E-state index contributed by atoms with van der Waals surface area (Å²) in [5, 5.41) is 7.71. The van der Waals surface area contributed by atoms with E-state index in [1.165, 1.54) is 4.88 Å². The van der Waals surface area contributed by atoms with Gasteiger partial charge in [-0.05, 0) is 46.2 Å². The summed E-state index contributed by atoms with van der Waals surface area (Å²) in [6, 6.07) is 4.17. The van der Waals surface area contributed by atoms with Crippen LogP contribution in [0.2, 0.25) is 0 Å². The summed E-state index contributed by atoms with van der Waals surface area (Å²) >= 11 is 1.73. The Hall–Kier alpha value is -2.15. The largest absolute Gasteiger partial charge is 0.357 e. The molecule has 2 rings (SSSR count). The van der Waals surface area contributed by atoms with E-state index < -0.39 is 0 Å². The number of rotatable bonds is 8. The third-order valence-corrected chi connectivity index (χ3v) is 5.21. The maximum absolute atomic E-state index is 4.66. The maximum atomic E-state index is 4.66. The van der Waals surface area contributed by atoms with Gasteiger partial charge in [-0.25, -0.2) is 15.0 Å². The average molecular weight is 375 g/mol. The van der Waals surface area contributed by atoms with Gasteiger partial charge in [0.25, 0.3) is 0 Å². The third-order valence-electron chi connectivity index (χ3n) is 4.14. The van der Waals surface area contributed by atoms with E-state index in [1.54, 1.807) is 11.3 Å². The fraction of sp³-hybridized carbons (Fsp3) is 0.526. The minimum Gasteiger partial charge on any atom is -0.357 e. The number of pyridine rings is 1. The molecule has 0 unspecified atom stereocenters. The highest BCUT2D eigenvalue weighted by atomic mass is 32.1. The molecule has 0 spiro atoms. The van der Waals surface area contributed by atoms with Gasteiger partial charge in [0.2, 0.25) is 0 Å². The van der Waals surface area contributed by atoms with E-state index in [4.69, 9.17) is 0 Å². The number of aromatic nitrogens is 2. The minimum absolute atomic E-state index is 0.594. The molecule has 26 heavy (non-hydrogen) atoms. The molecule has 2 aromatic heterocycles. The van der Waals surface area contributed by atoms with Crippen LogP contribution in [0.25, 0.3) is 0 Å². The summed E-state index contributed by atoms with van der Waals surface area (Å²) in [6.45, 7) is 14.5. The number of aliphatic imine (C=N–C) groups is 1. The fourth-order valence-corrected chi connectivity index (χ4v) is 3.40. The zero-order valence-electron chi connectivity index (χ0n) is 16.5. The van der Waals surface area contributed by atoms with E-state index in [9.17, 15) is 0 Å². The Kier molecular flexibility index (Phi) is 7.84. The molecule has 0 bridgehead atoms. The van der Waals surface area contributed by atoms with Crippen LogP contribution < -0.4 is 15.5 Å². The van der Waals surface area contributed by atoms with Crippen molar-refractivity contribution in [2.75, 3.05) is 24.5 Å². The van der Waals surface area contributed by atoms with Gasteiger partial charge < -0.3 is 15.5 Å². The molecular weight excluding hydrogens is 344 g/mol. The predicted molar refractivity (Wildman–Crippen MR) is 111 cm³/mol. The summed E-state index contributed by atoms with van der Waals surface area (Å²) in [4.78, 5) is 17.3. The molecule has 0 saturated heterocycles. The highest BCUT2D eigenvalue weighted by Crippen LogP contribution is 2.16. The second-order valence-electron chi connectivity index (χ2n) is 5.99. The summed E-state index contributed by atoms with van der Waals surface area (Å²) in [7, 11) is 0. The lowest BCUT2D eigenvalue weighted by atomic mass is 10.3. The molecular formula is C19H30N6S. The highest BCUT2D eigenvalue weighted by molar-refractivity contribution is 7.11. The number of anilines is 1. The van der Waals surface area contributed by atoms with E-state index in [0.29, 0.717) is 13.1 Å². The van der Waals surface area contributed by atoms with Crippen LogP contribution in [0.1, 0.15) is 41.9 Å². The first-order valence-electron chi connectivity index (χ1n) is 9.22. The van der Waals surface area contributed by atoms with Crippen molar-refractivity contribution < 1.29 is 0 Å². The van der Waals surface area contributed by atoms with Gasteiger partial charge in [0.05, 0.1) is 18.8 Å². The number of thiazole rings is 1. The molecule has 142 valence electrons. The van der Waals surface area contributed by atoms with Gasteiger partial charge in [0.1, 0.15) is 10.8 Å². The molecule has 2 aromatic rings. The van der Waals surface area contributed by atoms with Crippen LogP contribution in [0.3, 0.4) is 0 Å². The summed E-state index contributed by atoms with van der Waals surface area (Å²) in [5.74, 6) is 1.81. The Labute approximate surface area is 160 Å². The number of aryl methyl sites for hydroxylation is 2. The molecule has 0 fully saturated rings. The Morgan fingerprint density at radius 2 is 1.92 bits per heavy atom. The van der Waals surface area contributed by atoms with Gasteiger partial charge in [-0.2, -0.15) is 0 Å². The van der Waals surface area contributed by atoms with Crippen molar-refractivity contribution in [2.24, 2.45) is 4.99 Å². The number of guanidine groups is 1. The molecule has 0 radical (unpaired) electrons. The Balaban J connectivity index is 1.97. The fourth-order valence-electron chi connectivity index (χ4n) is 2.53. The number of hydrogen-bond donors (Lipinski definition) is 2. The molecule has 2 N–H and O–H groups in total.